The van der Waals surface area contributed by atoms with Crippen molar-refractivity contribution in [3.63, 3.8) is 0 Å². The smallest absolute Gasteiger partial charge is 0.167 e. The van der Waals surface area contributed by atoms with E-state index in [1.165, 1.54) is 12.1 Å². The molecule has 0 aliphatic rings. The molecule has 0 unspecified atom stereocenters. The number of rotatable bonds is 8. The van der Waals surface area contributed by atoms with Gasteiger partial charge in [0, 0.05) is 12.1 Å². The van der Waals surface area contributed by atoms with E-state index in [1.807, 2.05) is 20.8 Å². The minimum absolute atomic E-state index is 0.151. The van der Waals surface area contributed by atoms with Crippen molar-refractivity contribution in [3.8, 4) is 11.5 Å². The molecule has 0 saturated heterocycles. The number of ether oxygens (including phenoxy) is 3. The van der Waals surface area contributed by atoms with Crippen molar-refractivity contribution in [2.75, 3.05) is 25.6 Å². The van der Waals surface area contributed by atoms with E-state index in [2.05, 4.69) is 0 Å². The first-order chi connectivity index (χ1) is 9.04. The van der Waals surface area contributed by atoms with Crippen LogP contribution in [0.2, 0.25) is 0 Å². The van der Waals surface area contributed by atoms with E-state index in [9.17, 15) is 4.39 Å². The Labute approximate surface area is 113 Å². The average Bonchev–Trinajstić information content (AvgIpc) is 2.35. The summed E-state index contributed by atoms with van der Waals surface area (Å²) in [5.74, 6) is 0.104. The van der Waals surface area contributed by atoms with Crippen molar-refractivity contribution in [2.45, 2.75) is 33.3 Å². The number of nitrogen functional groups attached to an aromatic ring is 1. The van der Waals surface area contributed by atoms with Crippen molar-refractivity contribution in [3.05, 3.63) is 17.9 Å². The SMILES string of the molecule is CCCOc1cc(OCCOC(C)C)c(N)cc1F. The first-order valence-corrected chi connectivity index (χ1v) is 6.50. The summed E-state index contributed by atoms with van der Waals surface area (Å²) in [4.78, 5) is 0. The lowest BCUT2D eigenvalue weighted by Crippen LogP contribution is -2.12. The van der Waals surface area contributed by atoms with Gasteiger partial charge in [0.2, 0.25) is 0 Å². The molecule has 0 amide bonds. The van der Waals surface area contributed by atoms with Crippen LogP contribution in [0.3, 0.4) is 0 Å². The van der Waals surface area contributed by atoms with E-state index in [-0.39, 0.29) is 17.5 Å². The molecular formula is C14H22FNO3. The fourth-order valence-corrected chi connectivity index (χ4v) is 1.43. The van der Waals surface area contributed by atoms with Crippen LogP contribution in [0.15, 0.2) is 12.1 Å². The highest BCUT2D eigenvalue weighted by molar-refractivity contribution is 5.56. The van der Waals surface area contributed by atoms with Gasteiger partial charge in [0.05, 0.1) is 25.0 Å². The van der Waals surface area contributed by atoms with Crippen molar-refractivity contribution in [1.82, 2.24) is 0 Å². The summed E-state index contributed by atoms with van der Waals surface area (Å²) in [7, 11) is 0. The number of halogens is 1. The van der Waals surface area contributed by atoms with Gasteiger partial charge in [-0.25, -0.2) is 4.39 Å². The van der Waals surface area contributed by atoms with E-state index in [0.717, 1.165) is 6.42 Å². The van der Waals surface area contributed by atoms with Gasteiger partial charge in [0.15, 0.2) is 11.6 Å². The first kappa shape index (κ1) is 15.6. The Kier molecular flexibility index (Phi) is 6.42. The molecule has 5 heteroatoms. The molecule has 0 atom stereocenters. The second kappa shape index (κ2) is 7.84. The molecule has 19 heavy (non-hydrogen) atoms. The van der Waals surface area contributed by atoms with Crippen molar-refractivity contribution < 1.29 is 18.6 Å². The van der Waals surface area contributed by atoms with Gasteiger partial charge in [-0.15, -0.1) is 0 Å². The molecule has 0 heterocycles. The maximum atomic E-state index is 13.6. The predicted octanol–water partition coefficient (Wildman–Crippen LogP) is 3.00. The Hall–Kier alpha value is -1.49. The minimum atomic E-state index is -0.475. The lowest BCUT2D eigenvalue weighted by molar-refractivity contribution is 0.0553. The Morgan fingerprint density at radius 1 is 1.11 bits per heavy atom. The van der Waals surface area contributed by atoms with Crippen LogP contribution in [-0.2, 0) is 4.74 Å². The quantitative estimate of drug-likeness (QED) is 0.583. The van der Waals surface area contributed by atoms with E-state index in [4.69, 9.17) is 19.9 Å². The van der Waals surface area contributed by atoms with Gasteiger partial charge in [-0.1, -0.05) is 6.92 Å². The van der Waals surface area contributed by atoms with E-state index >= 15 is 0 Å². The van der Waals surface area contributed by atoms with Gasteiger partial charge in [-0.05, 0) is 20.3 Å². The molecule has 0 aliphatic carbocycles. The molecule has 0 fully saturated rings. The molecule has 0 aliphatic heterocycles. The number of hydrogen-bond donors (Lipinski definition) is 1. The van der Waals surface area contributed by atoms with Crippen LogP contribution in [-0.4, -0.2) is 25.9 Å². The van der Waals surface area contributed by atoms with Crippen molar-refractivity contribution >= 4 is 5.69 Å². The Balaban J connectivity index is 2.61. The molecule has 108 valence electrons. The fourth-order valence-electron chi connectivity index (χ4n) is 1.43. The summed E-state index contributed by atoms with van der Waals surface area (Å²) in [6.07, 6.45) is 0.958. The highest BCUT2D eigenvalue weighted by Gasteiger charge is 2.10. The van der Waals surface area contributed by atoms with Crippen molar-refractivity contribution in [2.24, 2.45) is 0 Å². The second-order valence-electron chi connectivity index (χ2n) is 4.44. The summed E-state index contributed by atoms with van der Waals surface area (Å²) in [5, 5.41) is 0. The van der Waals surface area contributed by atoms with Crippen LogP contribution >= 0.6 is 0 Å². The summed E-state index contributed by atoms with van der Waals surface area (Å²) in [6, 6.07) is 2.69. The third-order valence-corrected chi connectivity index (χ3v) is 2.32. The maximum absolute atomic E-state index is 13.6. The third kappa shape index (κ3) is 5.34. The van der Waals surface area contributed by atoms with Crippen LogP contribution in [0, 0.1) is 5.82 Å². The topological polar surface area (TPSA) is 53.7 Å². The highest BCUT2D eigenvalue weighted by Crippen LogP contribution is 2.30. The van der Waals surface area contributed by atoms with E-state index in [1.54, 1.807) is 0 Å². The van der Waals surface area contributed by atoms with Gasteiger partial charge in [-0.2, -0.15) is 0 Å². The normalized spacial score (nSPS) is 10.8. The largest absolute Gasteiger partial charge is 0.490 e. The van der Waals surface area contributed by atoms with Crippen molar-refractivity contribution in [1.29, 1.82) is 0 Å². The zero-order valence-corrected chi connectivity index (χ0v) is 11.7. The van der Waals surface area contributed by atoms with Gasteiger partial charge in [0.1, 0.15) is 12.4 Å². The van der Waals surface area contributed by atoms with Crippen LogP contribution in [0.4, 0.5) is 10.1 Å². The lowest BCUT2D eigenvalue weighted by atomic mass is 10.2. The fraction of sp³-hybridized carbons (Fsp3) is 0.571. The summed E-state index contributed by atoms with van der Waals surface area (Å²) in [5.41, 5.74) is 5.96. The lowest BCUT2D eigenvalue weighted by Gasteiger charge is -2.13. The number of hydrogen-bond acceptors (Lipinski definition) is 4. The third-order valence-electron chi connectivity index (χ3n) is 2.32. The molecule has 4 nitrogen and oxygen atoms in total. The molecule has 1 aromatic carbocycles. The molecule has 1 aromatic rings. The van der Waals surface area contributed by atoms with Crippen LogP contribution in [0.1, 0.15) is 27.2 Å². The maximum Gasteiger partial charge on any atom is 0.167 e. The van der Waals surface area contributed by atoms with E-state index in [0.29, 0.717) is 25.6 Å². The Bertz CT molecular complexity index is 397. The Morgan fingerprint density at radius 3 is 2.42 bits per heavy atom. The number of benzene rings is 1. The van der Waals surface area contributed by atoms with Crippen LogP contribution in [0.5, 0.6) is 11.5 Å². The van der Waals surface area contributed by atoms with Gasteiger partial charge in [-0.3, -0.25) is 0 Å². The molecule has 0 aromatic heterocycles. The monoisotopic (exact) mass is 271 g/mol. The molecule has 0 spiro atoms. The highest BCUT2D eigenvalue weighted by atomic mass is 19.1. The summed E-state index contributed by atoms with van der Waals surface area (Å²) < 4.78 is 29.7. The molecule has 0 bridgehead atoms. The predicted molar refractivity (Wildman–Crippen MR) is 73.2 cm³/mol. The first-order valence-electron chi connectivity index (χ1n) is 6.50. The number of anilines is 1. The zero-order chi connectivity index (χ0) is 14.3. The second-order valence-corrected chi connectivity index (χ2v) is 4.44. The van der Waals surface area contributed by atoms with Crippen LogP contribution in [0.25, 0.3) is 0 Å². The van der Waals surface area contributed by atoms with Gasteiger partial charge >= 0.3 is 0 Å². The summed E-state index contributed by atoms with van der Waals surface area (Å²) >= 11 is 0. The number of nitrogens with two attached hydrogens (primary N) is 1. The molecule has 1 rings (SSSR count). The summed E-state index contributed by atoms with van der Waals surface area (Å²) in [6.45, 7) is 7.12. The molecule has 0 radical (unpaired) electrons. The Morgan fingerprint density at radius 2 is 1.79 bits per heavy atom. The van der Waals surface area contributed by atoms with Gasteiger partial charge < -0.3 is 19.9 Å². The van der Waals surface area contributed by atoms with Gasteiger partial charge in [0.25, 0.3) is 0 Å². The average molecular weight is 271 g/mol. The standard InChI is InChI=1S/C14H22FNO3/c1-4-5-18-13-9-14(12(16)8-11(13)15)19-7-6-17-10(2)3/h8-10H,4-7,16H2,1-3H3. The molecule has 2 N–H and O–H groups in total. The molecular weight excluding hydrogens is 249 g/mol. The zero-order valence-electron chi connectivity index (χ0n) is 11.7. The minimum Gasteiger partial charge on any atom is -0.490 e. The van der Waals surface area contributed by atoms with E-state index < -0.39 is 5.82 Å². The van der Waals surface area contributed by atoms with Crippen LogP contribution < -0.4 is 15.2 Å². The molecule has 0 saturated carbocycles.